The summed E-state index contributed by atoms with van der Waals surface area (Å²) in [5.41, 5.74) is 0. The average molecular weight is 212 g/mol. The molecule has 0 radical (unpaired) electrons. The number of hydrogen-bond donors (Lipinski definition) is 0. The number of rotatable bonds is 5. The van der Waals surface area contributed by atoms with Crippen molar-refractivity contribution >= 4 is 15.8 Å². The van der Waals surface area contributed by atoms with Gasteiger partial charge in [0.25, 0.3) is 0 Å². The van der Waals surface area contributed by atoms with Gasteiger partial charge in [0.05, 0.1) is 24.5 Å². The number of ether oxygens (including phenoxy) is 1. The summed E-state index contributed by atoms with van der Waals surface area (Å²) in [6.45, 7) is 0.440. The highest BCUT2D eigenvalue weighted by molar-refractivity contribution is 7.92. The average Bonchev–Trinajstić information content (AvgIpc) is 2.04. The molecule has 0 aliphatic rings. The highest BCUT2D eigenvalue weighted by Crippen LogP contribution is 2.07. The molecule has 6 heteroatoms. The number of carbonyl (C=O) groups excluding carboxylic acids is 1. The van der Waals surface area contributed by atoms with Crippen molar-refractivity contribution in [2.24, 2.45) is 0 Å². The first-order valence-electron chi connectivity index (χ1n) is 3.78. The van der Waals surface area contributed by atoms with Gasteiger partial charge in [0.1, 0.15) is 6.67 Å². The third-order valence-electron chi connectivity index (χ3n) is 1.66. The standard InChI is InChI=1S/C7H13FO4S/c1-6(5-7(9)12-2)13(10,11)4-3-8/h6H,3-5H2,1-2H3. The molecule has 0 saturated carbocycles. The predicted molar refractivity (Wildman–Crippen MR) is 45.9 cm³/mol. The first-order valence-corrected chi connectivity index (χ1v) is 5.50. The van der Waals surface area contributed by atoms with E-state index in [4.69, 9.17) is 0 Å². The lowest BCUT2D eigenvalue weighted by Gasteiger charge is -2.09. The summed E-state index contributed by atoms with van der Waals surface area (Å²) in [6, 6.07) is 0. The summed E-state index contributed by atoms with van der Waals surface area (Å²) in [7, 11) is -2.31. The largest absolute Gasteiger partial charge is 0.469 e. The third-order valence-corrected chi connectivity index (χ3v) is 3.77. The number of alkyl halides is 1. The monoisotopic (exact) mass is 212 g/mol. The highest BCUT2D eigenvalue weighted by Gasteiger charge is 2.23. The molecule has 0 aliphatic carbocycles. The zero-order chi connectivity index (χ0) is 10.5. The number of esters is 1. The molecule has 0 fully saturated rings. The third kappa shape index (κ3) is 4.21. The molecule has 0 saturated heterocycles. The fraction of sp³-hybridized carbons (Fsp3) is 0.857. The van der Waals surface area contributed by atoms with E-state index in [0.29, 0.717) is 0 Å². The lowest BCUT2D eigenvalue weighted by atomic mass is 10.3. The smallest absolute Gasteiger partial charge is 0.306 e. The Labute approximate surface area is 77.0 Å². The van der Waals surface area contributed by atoms with E-state index >= 15 is 0 Å². The van der Waals surface area contributed by atoms with E-state index in [1.807, 2.05) is 0 Å². The summed E-state index contributed by atoms with van der Waals surface area (Å²) in [5.74, 6) is -1.14. The summed E-state index contributed by atoms with van der Waals surface area (Å²) in [4.78, 5) is 10.7. The van der Waals surface area contributed by atoms with Crippen molar-refractivity contribution in [3.63, 3.8) is 0 Å². The van der Waals surface area contributed by atoms with Gasteiger partial charge >= 0.3 is 5.97 Å². The Morgan fingerprint density at radius 3 is 2.46 bits per heavy atom. The maximum absolute atomic E-state index is 11.8. The van der Waals surface area contributed by atoms with Crippen molar-refractivity contribution in [2.75, 3.05) is 19.5 Å². The van der Waals surface area contributed by atoms with Crippen LogP contribution in [0.1, 0.15) is 13.3 Å². The molecule has 0 bridgehead atoms. The molecule has 1 unspecified atom stereocenters. The van der Waals surface area contributed by atoms with Crippen LogP contribution in [-0.4, -0.2) is 39.2 Å². The number of halogens is 1. The molecule has 0 amide bonds. The van der Waals surface area contributed by atoms with E-state index in [2.05, 4.69) is 4.74 Å². The van der Waals surface area contributed by atoms with Gasteiger partial charge < -0.3 is 4.74 Å². The van der Waals surface area contributed by atoms with Crippen LogP contribution in [-0.2, 0) is 19.4 Å². The second kappa shape index (κ2) is 5.16. The number of hydrogen-bond acceptors (Lipinski definition) is 4. The van der Waals surface area contributed by atoms with Crippen LogP contribution in [0.5, 0.6) is 0 Å². The molecule has 4 nitrogen and oxygen atoms in total. The highest BCUT2D eigenvalue weighted by atomic mass is 32.2. The predicted octanol–water partition coefficient (Wildman–Crippen LogP) is 0.322. The lowest BCUT2D eigenvalue weighted by molar-refractivity contribution is -0.140. The quantitative estimate of drug-likeness (QED) is 0.616. The van der Waals surface area contributed by atoms with E-state index in [1.165, 1.54) is 14.0 Å². The van der Waals surface area contributed by atoms with Crippen molar-refractivity contribution in [1.29, 1.82) is 0 Å². The zero-order valence-corrected chi connectivity index (χ0v) is 8.43. The maximum atomic E-state index is 11.8. The van der Waals surface area contributed by atoms with E-state index in [1.54, 1.807) is 0 Å². The van der Waals surface area contributed by atoms with Gasteiger partial charge in [0.15, 0.2) is 9.84 Å². The Hall–Kier alpha value is -0.650. The van der Waals surface area contributed by atoms with Gasteiger partial charge in [-0.25, -0.2) is 12.8 Å². The van der Waals surface area contributed by atoms with Crippen molar-refractivity contribution in [2.45, 2.75) is 18.6 Å². The lowest BCUT2D eigenvalue weighted by Crippen LogP contribution is -2.25. The second-order valence-electron chi connectivity index (χ2n) is 2.65. The Bertz CT molecular complexity index is 260. The Morgan fingerprint density at radius 1 is 1.54 bits per heavy atom. The van der Waals surface area contributed by atoms with Gasteiger partial charge in [0, 0.05) is 0 Å². The molecule has 0 aromatic carbocycles. The molecular weight excluding hydrogens is 199 g/mol. The van der Waals surface area contributed by atoms with Crippen LogP contribution in [0.15, 0.2) is 0 Å². The SMILES string of the molecule is COC(=O)CC(C)S(=O)(=O)CCF. The molecule has 0 heterocycles. The van der Waals surface area contributed by atoms with Gasteiger partial charge in [-0.3, -0.25) is 4.79 Å². The van der Waals surface area contributed by atoms with Crippen LogP contribution in [0.4, 0.5) is 4.39 Å². The fourth-order valence-electron chi connectivity index (χ4n) is 0.754. The maximum Gasteiger partial charge on any atom is 0.306 e. The van der Waals surface area contributed by atoms with Crippen molar-refractivity contribution in [3.8, 4) is 0 Å². The molecule has 78 valence electrons. The van der Waals surface area contributed by atoms with Crippen LogP contribution in [0.3, 0.4) is 0 Å². The molecule has 0 spiro atoms. The first kappa shape index (κ1) is 12.3. The van der Waals surface area contributed by atoms with Crippen LogP contribution in [0.2, 0.25) is 0 Å². The van der Waals surface area contributed by atoms with E-state index in [0.717, 1.165) is 0 Å². The first-order chi connectivity index (χ1) is 5.94. The molecule has 0 aromatic rings. The summed E-state index contributed by atoms with van der Waals surface area (Å²) >= 11 is 0. The number of sulfone groups is 1. The fourth-order valence-corrected chi connectivity index (χ4v) is 1.76. The van der Waals surface area contributed by atoms with Crippen LogP contribution >= 0.6 is 0 Å². The zero-order valence-electron chi connectivity index (χ0n) is 7.62. The minimum absolute atomic E-state index is 0.223. The van der Waals surface area contributed by atoms with Crippen LogP contribution < -0.4 is 0 Å². The van der Waals surface area contributed by atoms with Crippen molar-refractivity contribution < 1.29 is 22.3 Å². The van der Waals surface area contributed by atoms with Gasteiger partial charge in [-0.05, 0) is 6.92 Å². The normalized spacial score (nSPS) is 13.8. The minimum Gasteiger partial charge on any atom is -0.469 e. The number of methoxy groups -OCH3 is 1. The van der Waals surface area contributed by atoms with Gasteiger partial charge in [0.2, 0.25) is 0 Å². The van der Waals surface area contributed by atoms with E-state index in [-0.39, 0.29) is 6.42 Å². The molecule has 0 aliphatic heterocycles. The van der Waals surface area contributed by atoms with E-state index < -0.39 is 33.5 Å². The van der Waals surface area contributed by atoms with Gasteiger partial charge in [-0.2, -0.15) is 0 Å². The van der Waals surface area contributed by atoms with Gasteiger partial charge in [-0.15, -0.1) is 0 Å². The molecular formula is C7H13FO4S. The van der Waals surface area contributed by atoms with Gasteiger partial charge in [-0.1, -0.05) is 0 Å². The summed E-state index contributed by atoms with van der Waals surface area (Å²) < 4.78 is 38.3. The summed E-state index contributed by atoms with van der Waals surface area (Å²) in [5, 5.41) is -0.879. The van der Waals surface area contributed by atoms with Crippen molar-refractivity contribution in [1.82, 2.24) is 0 Å². The Kier molecular flexibility index (Phi) is 4.90. The molecule has 13 heavy (non-hydrogen) atoms. The topological polar surface area (TPSA) is 60.4 Å². The molecule has 1 atom stereocenters. The Morgan fingerprint density at radius 2 is 2.08 bits per heavy atom. The van der Waals surface area contributed by atoms with Crippen LogP contribution in [0.25, 0.3) is 0 Å². The second-order valence-corrected chi connectivity index (χ2v) is 5.19. The van der Waals surface area contributed by atoms with E-state index in [9.17, 15) is 17.6 Å². The number of carbonyl (C=O) groups is 1. The van der Waals surface area contributed by atoms with Crippen molar-refractivity contribution in [3.05, 3.63) is 0 Å². The Balaban J connectivity index is 4.25. The molecule has 0 N–H and O–H groups in total. The molecule has 0 aromatic heterocycles. The molecule has 0 rings (SSSR count). The minimum atomic E-state index is -3.49. The van der Waals surface area contributed by atoms with Crippen LogP contribution in [0, 0.1) is 0 Å². The summed E-state index contributed by atoms with van der Waals surface area (Å²) in [6.07, 6.45) is -0.223.